The highest BCUT2D eigenvalue weighted by Gasteiger charge is 2.10. The molecule has 2 aromatic rings. The number of furan rings is 1. The van der Waals surface area contributed by atoms with Crippen molar-refractivity contribution < 1.29 is 13.9 Å². The topological polar surface area (TPSA) is 43.6 Å². The van der Waals surface area contributed by atoms with Crippen LogP contribution < -0.4 is 14.8 Å². The Bertz CT molecular complexity index is 537. The van der Waals surface area contributed by atoms with Crippen LogP contribution in [0.5, 0.6) is 11.5 Å². The molecule has 0 saturated carbocycles. The third kappa shape index (κ3) is 4.81. The summed E-state index contributed by atoms with van der Waals surface area (Å²) in [4.78, 5) is 0. The van der Waals surface area contributed by atoms with Crippen LogP contribution in [0.1, 0.15) is 37.5 Å². The summed E-state index contributed by atoms with van der Waals surface area (Å²) >= 11 is 0. The van der Waals surface area contributed by atoms with Crippen molar-refractivity contribution in [3.05, 3.63) is 47.9 Å². The fourth-order valence-electron chi connectivity index (χ4n) is 2.28. The lowest BCUT2D eigenvalue weighted by atomic mass is 10.1. The summed E-state index contributed by atoms with van der Waals surface area (Å²) in [6.45, 7) is 4.31. The van der Waals surface area contributed by atoms with Gasteiger partial charge < -0.3 is 19.2 Å². The minimum atomic E-state index is 0.694. The lowest BCUT2D eigenvalue weighted by Crippen LogP contribution is -2.13. The number of unbranched alkanes of at least 4 members (excludes halogenated alkanes) is 2. The van der Waals surface area contributed by atoms with Crippen molar-refractivity contribution >= 4 is 0 Å². The van der Waals surface area contributed by atoms with Crippen LogP contribution in [-0.4, -0.2) is 13.7 Å². The van der Waals surface area contributed by atoms with E-state index in [2.05, 4.69) is 18.3 Å². The molecular formula is C18H25NO3. The first kappa shape index (κ1) is 16.4. The summed E-state index contributed by atoms with van der Waals surface area (Å²) in [5.41, 5.74) is 1.10. The largest absolute Gasteiger partial charge is 0.493 e. The first-order chi connectivity index (χ1) is 10.8. The third-order valence-electron chi connectivity index (χ3n) is 3.47. The molecule has 0 spiro atoms. The van der Waals surface area contributed by atoms with E-state index in [1.807, 2.05) is 24.3 Å². The van der Waals surface area contributed by atoms with Crippen LogP contribution in [0.25, 0.3) is 0 Å². The molecule has 22 heavy (non-hydrogen) atoms. The van der Waals surface area contributed by atoms with Crippen molar-refractivity contribution in [2.75, 3.05) is 13.7 Å². The smallest absolute Gasteiger partial charge is 0.165 e. The number of hydrogen-bond acceptors (Lipinski definition) is 4. The molecule has 0 amide bonds. The van der Waals surface area contributed by atoms with E-state index in [-0.39, 0.29) is 0 Å². The molecule has 2 rings (SSSR count). The van der Waals surface area contributed by atoms with Crippen LogP contribution in [0.3, 0.4) is 0 Å². The van der Waals surface area contributed by atoms with E-state index in [0.717, 1.165) is 35.9 Å². The number of hydrogen-bond donors (Lipinski definition) is 1. The van der Waals surface area contributed by atoms with E-state index in [1.54, 1.807) is 13.4 Å². The van der Waals surface area contributed by atoms with Gasteiger partial charge in [0.05, 0.1) is 26.5 Å². The summed E-state index contributed by atoms with van der Waals surface area (Å²) in [6.07, 6.45) is 5.12. The summed E-state index contributed by atoms with van der Waals surface area (Å²) in [5, 5.41) is 3.37. The Morgan fingerprint density at radius 3 is 2.73 bits per heavy atom. The van der Waals surface area contributed by atoms with E-state index in [1.165, 1.54) is 12.8 Å². The van der Waals surface area contributed by atoms with Crippen molar-refractivity contribution in [1.82, 2.24) is 5.32 Å². The molecule has 4 nitrogen and oxygen atoms in total. The van der Waals surface area contributed by atoms with Crippen molar-refractivity contribution in [3.63, 3.8) is 0 Å². The Balaban J connectivity index is 1.95. The SMILES string of the molecule is CCCCCOc1c(CNCc2ccco2)cccc1OC. The van der Waals surface area contributed by atoms with Gasteiger partial charge in [-0.25, -0.2) is 0 Å². The molecule has 1 aromatic carbocycles. The van der Waals surface area contributed by atoms with Gasteiger partial charge in [0.25, 0.3) is 0 Å². The Morgan fingerprint density at radius 2 is 2.00 bits per heavy atom. The molecule has 0 aliphatic heterocycles. The van der Waals surface area contributed by atoms with E-state index in [9.17, 15) is 0 Å². The predicted octanol–water partition coefficient (Wildman–Crippen LogP) is 4.15. The molecule has 1 aromatic heterocycles. The fourth-order valence-corrected chi connectivity index (χ4v) is 2.28. The van der Waals surface area contributed by atoms with Crippen molar-refractivity contribution in [2.24, 2.45) is 0 Å². The highest BCUT2D eigenvalue weighted by Crippen LogP contribution is 2.31. The zero-order valence-corrected chi connectivity index (χ0v) is 13.4. The molecule has 0 radical (unpaired) electrons. The van der Waals surface area contributed by atoms with E-state index < -0.39 is 0 Å². The Kier molecular flexibility index (Phi) is 6.84. The molecule has 0 atom stereocenters. The van der Waals surface area contributed by atoms with Gasteiger partial charge >= 0.3 is 0 Å². The number of rotatable bonds is 10. The molecule has 1 N–H and O–H groups in total. The second-order valence-electron chi connectivity index (χ2n) is 5.19. The van der Waals surface area contributed by atoms with Gasteiger partial charge in [0.1, 0.15) is 5.76 Å². The summed E-state index contributed by atoms with van der Waals surface area (Å²) in [5.74, 6) is 2.55. The van der Waals surface area contributed by atoms with Gasteiger partial charge in [0.15, 0.2) is 11.5 Å². The molecule has 0 fully saturated rings. The highest BCUT2D eigenvalue weighted by atomic mass is 16.5. The number of ether oxygens (including phenoxy) is 2. The summed E-state index contributed by atoms with van der Waals surface area (Å²) < 4.78 is 16.7. The van der Waals surface area contributed by atoms with Gasteiger partial charge in [0, 0.05) is 12.1 Å². The van der Waals surface area contributed by atoms with Crippen LogP contribution in [-0.2, 0) is 13.1 Å². The highest BCUT2D eigenvalue weighted by molar-refractivity contribution is 5.46. The minimum Gasteiger partial charge on any atom is -0.493 e. The molecule has 120 valence electrons. The van der Waals surface area contributed by atoms with Crippen LogP contribution in [0.15, 0.2) is 41.0 Å². The predicted molar refractivity (Wildman–Crippen MR) is 87.3 cm³/mol. The van der Waals surface area contributed by atoms with Crippen LogP contribution in [0, 0.1) is 0 Å². The van der Waals surface area contributed by atoms with Gasteiger partial charge in [-0.1, -0.05) is 31.9 Å². The van der Waals surface area contributed by atoms with Gasteiger partial charge in [-0.3, -0.25) is 0 Å². The normalized spacial score (nSPS) is 10.6. The maximum Gasteiger partial charge on any atom is 0.165 e. The van der Waals surface area contributed by atoms with Crippen LogP contribution in [0.2, 0.25) is 0 Å². The van der Waals surface area contributed by atoms with E-state index in [0.29, 0.717) is 13.1 Å². The quantitative estimate of drug-likeness (QED) is 0.670. The maximum atomic E-state index is 5.96. The van der Waals surface area contributed by atoms with Crippen molar-refractivity contribution in [2.45, 2.75) is 39.3 Å². The van der Waals surface area contributed by atoms with Crippen LogP contribution >= 0.6 is 0 Å². The van der Waals surface area contributed by atoms with Crippen LogP contribution in [0.4, 0.5) is 0 Å². The average Bonchev–Trinajstić information content (AvgIpc) is 3.05. The first-order valence-corrected chi connectivity index (χ1v) is 7.87. The van der Waals surface area contributed by atoms with Crippen molar-refractivity contribution in [3.8, 4) is 11.5 Å². The molecule has 4 heteroatoms. The average molecular weight is 303 g/mol. The van der Waals surface area contributed by atoms with Gasteiger partial charge in [-0.05, 0) is 24.6 Å². The fraction of sp³-hybridized carbons (Fsp3) is 0.444. The lowest BCUT2D eigenvalue weighted by molar-refractivity contribution is 0.282. The van der Waals surface area contributed by atoms with E-state index in [4.69, 9.17) is 13.9 Å². The van der Waals surface area contributed by atoms with E-state index >= 15 is 0 Å². The van der Waals surface area contributed by atoms with Crippen molar-refractivity contribution in [1.29, 1.82) is 0 Å². The zero-order valence-electron chi connectivity index (χ0n) is 13.4. The second kappa shape index (κ2) is 9.15. The Labute approximate surface area is 132 Å². The molecule has 0 aliphatic rings. The standard InChI is InChI=1S/C18H25NO3/c1-3-4-5-11-22-18-15(8-6-10-17(18)20-2)13-19-14-16-9-7-12-21-16/h6-10,12,19H,3-5,11,13-14H2,1-2H3. The molecular weight excluding hydrogens is 278 g/mol. The van der Waals surface area contributed by atoms with Gasteiger partial charge in [-0.2, -0.15) is 0 Å². The lowest BCUT2D eigenvalue weighted by Gasteiger charge is -2.15. The monoisotopic (exact) mass is 303 g/mol. The maximum absolute atomic E-state index is 5.96. The zero-order chi connectivity index (χ0) is 15.6. The minimum absolute atomic E-state index is 0.694. The first-order valence-electron chi connectivity index (χ1n) is 7.87. The van der Waals surface area contributed by atoms with Gasteiger partial charge in [-0.15, -0.1) is 0 Å². The number of nitrogens with one attached hydrogen (secondary N) is 1. The third-order valence-corrected chi connectivity index (χ3v) is 3.47. The summed E-state index contributed by atoms with van der Waals surface area (Å²) in [6, 6.07) is 9.84. The molecule has 0 bridgehead atoms. The number of benzene rings is 1. The Hall–Kier alpha value is -1.94. The van der Waals surface area contributed by atoms with Gasteiger partial charge in [0.2, 0.25) is 0 Å². The second-order valence-corrected chi connectivity index (χ2v) is 5.19. The molecule has 0 saturated heterocycles. The molecule has 1 heterocycles. The molecule has 0 aliphatic carbocycles. The number of para-hydroxylation sites is 1. The molecule has 0 unspecified atom stereocenters. The Morgan fingerprint density at radius 1 is 1.09 bits per heavy atom. The summed E-state index contributed by atoms with van der Waals surface area (Å²) in [7, 11) is 1.67. The number of methoxy groups -OCH3 is 1.